The molecule has 2 N–H and O–H groups in total. The van der Waals surface area contributed by atoms with E-state index in [9.17, 15) is 9.59 Å². The van der Waals surface area contributed by atoms with E-state index < -0.39 is 5.97 Å². The molecular formula is C18H12Cl2N2O3S. The lowest BCUT2D eigenvalue weighted by atomic mass is 10.1. The predicted octanol–water partition coefficient (Wildman–Crippen LogP) is 4.89. The highest BCUT2D eigenvalue weighted by atomic mass is 35.5. The van der Waals surface area contributed by atoms with Crippen LogP contribution in [0.2, 0.25) is 10.0 Å². The van der Waals surface area contributed by atoms with Crippen molar-refractivity contribution >= 4 is 63.8 Å². The van der Waals surface area contributed by atoms with Crippen LogP contribution in [-0.4, -0.2) is 22.2 Å². The van der Waals surface area contributed by atoms with Crippen LogP contribution in [0, 0.1) is 6.92 Å². The third-order valence-corrected chi connectivity index (χ3v) is 5.17. The van der Waals surface area contributed by atoms with Crippen molar-refractivity contribution in [2.24, 2.45) is 4.99 Å². The second-order valence-corrected chi connectivity index (χ2v) is 7.27. The van der Waals surface area contributed by atoms with E-state index in [-0.39, 0.29) is 11.5 Å². The Bertz CT molecular complexity index is 966. The zero-order chi connectivity index (χ0) is 18.8. The molecule has 0 aromatic heterocycles. The number of hydrogen-bond acceptors (Lipinski definition) is 4. The van der Waals surface area contributed by atoms with Crippen LogP contribution >= 0.6 is 35.0 Å². The number of thioether (sulfide) groups is 1. The summed E-state index contributed by atoms with van der Waals surface area (Å²) >= 11 is 13.4. The Morgan fingerprint density at radius 1 is 1.23 bits per heavy atom. The number of carboxylic acid groups (broad SMARTS) is 1. The summed E-state index contributed by atoms with van der Waals surface area (Å²) in [4.78, 5) is 28.1. The highest BCUT2D eigenvalue weighted by Crippen LogP contribution is 2.33. The predicted molar refractivity (Wildman–Crippen MR) is 105 cm³/mol. The molecule has 0 atom stereocenters. The van der Waals surface area contributed by atoms with Crippen LogP contribution in [0.3, 0.4) is 0 Å². The maximum absolute atomic E-state index is 12.2. The molecule has 0 radical (unpaired) electrons. The molecule has 0 unspecified atom stereocenters. The second-order valence-electron chi connectivity index (χ2n) is 5.42. The van der Waals surface area contributed by atoms with Crippen molar-refractivity contribution in [3.63, 3.8) is 0 Å². The Labute approximate surface area is 163 Å². The van der Waals surface area contributed by atoms with Gasteiger partial charge in [0, 0.05) is 15.6 Å². The van der Waals surface area contributed by atoms with Crippen molar-refractivity contribution in [2.45, 2.75) is 6.92 Å². The number of carbonyl (C=O) groups is 2. The normalized spacial score (nSPS) is 17.0. The van der Waals surface area contributed by atoms with Gasteiger partial charge in [-0.15, -0.1) is 0 Å². The van der Waals surface area contributed by atoms with Gasteiger partial charge in [-0.3, -0.25) is 4.79 Å². The van der Waals surface area contributed by atoms with Gasteiger partial charge >= 0.3 is 5.97 Å². The molecule has 0 bridgehead atoms. The van der Waals surface area contributed by atoms with Crippen molar-refractivity contribution < 1.29 is 14.7 Å². The van der Waals surface area contributed by atoms with Gasteiger partial charge in [0.15, 0.2) is 5.17 Å². The molecule has 1 amide bonds. The van der Waals surface area contributed by atoms with Crippen LogP contribution in [0.1, 0.15) is 21.5 Å². The first-order valence-electron chi connectivity index (χ1n) is 7.42. The Kier molecular flexibility index (Phi) is 5.36. The van der Waals surface area contributed by atoms with Crippen LogP contribution < -0.4 is 5.32 Å². The molecule has 132 valence electrons. The molecule has 2 aromatic rings. The molecule has 1 saturated heterocycles. The van der Waals surface area contributed by atoms with Gasteiger partial charge in [-0.1, -0.05) is 35.3 Å². The number of amides is 1. The van der Waals surface area contributed by atoms with E-state index in [0.29, 0.717) is 31.4 Å². The first-order valence-corrected chi connectivity index (χ1v) is 9.00. The van der Waals surface area contributed by atoms with E-state index >= 15 is 0 Å². The second kappa shape index (κ2) is 7.53. The third-order valence-electron chi connectivity index (χ3n) is 3.60. The molecular weight excluding hydrogens is 395 g/mol. The fourth-order valence-corrected chi connectivity index (χ4v) is 3.56. The molecule has 1 aliphatic rings. The summed E-state index contributed by atoms with van der Waals surface area (Å²) in [7, 11) is 0. The minimum absolute atomic E-state index is 0.128. The average molecular weight is 407 g/mol. The largest absolute Gasteiger partial charge is 0.478 e. The number of carboxylic acids is 1. The molecule has 0 saturated carbocycles. The van der Waals surface area contributed by atoms with E-state index in [1.165, 1.54) is 12.1 Å². The number of halogens is 2. The summed E-state index contributed by atoms with van der Waals surface area (Å²) in [6.07, 6.45) is 1.60. The molecule has 26 heavy (non-hydrogen) atoms. The number of nitrogens with zero attached hydrogens (tertiary/aromatic N) is 1. The number of aliphatic imine (C=N–C) groups is 1. The van der Waals surface area contributed by atoms with Crippen molar-refractivity contribution in [3.05, 3.63) is 68.0 Å². The maximum Gasteiger partial charge on any atom is 0.335 e. The molecule has 8 heteroatoms. The van der Waals surface area contributed by atoms with Gasteiger partial charge in [-0.25, -0.2) is 9.79 Å². The topological polar surface area (TPSA) is 78.8 Å². The highest BCUT2D eigenvalue weighted by Gasteiger charge is 2.24. The summed E-state index contributed by atoms with van der Waals surface area (Å²) in [5.41, 5.74) is 1.95. The lowest BCUT2D eigenvalue weighted by Gasteiger charge is -2.03. The molecule has 0 spiro atoms. The first kappa shape index (κ1) is 18.5. The van der Waals surface area contributed by atoms with Crippen LogP contribution in [-0.2, 0) is 4.79 Å². The summed E-state index contributed by atoms with van der Waals surface area (Å²) in [5, 5.41) is 13.0. The molecule has 2 aromatic carbocycles. The number of aromatic carboxylic acids is 1. The van der Waals surface area contributed by atoms with E-state index in [2.05, 4.69) is 10.3 Å². The van der Waals surface area contributed by atoms with E-state index in [4.69, 9.17) is 28.3 Å². The van der Waals surface area contributed by atoms with Gasteiger partial charge in [0.05, 0.1) is 16.2 Å². The molecule has 1 aliphatic heterocycles. The average Bonchev–Trinajstić information content (AvgIpc) is 2.92. The lowest BCUT2D eigenvalue weighted by Crippen LogP contribution is -2.19. The van der Waals surface area contributed by atoms with Gasteiger partial charge < -0.3 is 10.4 Å². The van der Waals surface area contributed by atoms with E-state index in [1.807, 2.05) is 6.92 Å². The number of aryl methyl sites for hydroxylation is 1. The van der Waals surface area contributed by atoms with Crippen LogP contribution in [0.5, 0.6) is 0 Å². The molecule has 0 aliphatic carbocycles. The number of hydrogen-bond donors (Lipinski definition) is 2. The standard InChI is InChI=1S/C18H12Cl2N2O3S/c1-9-5-6-10(17(24)25)7-14(9)21-18-22-16(23)15(26-18)8-11-12(19)3-2-4-13(11)20/h2-8H,1H3,(H,24,25)(H,21,22,23)/b15-8-. The number of amidine groups is 1. The fraction of sp³-hybridized carbons (Fsp3) is 0.0556. The summed E-state index contributed by atoms with van der Waals surface area (Å²) in [6.45, 7) is 1.81. The van der Waals surface area contributed by atoms with Crippen LogP contribution in [0.25, 0.3) is 6.08 Å². The number of carbonyl (C=O) groups excluding carboxylic acids is 1. The Hall–Kier alpha value is -2.28. The van der Waals surface area contributed by atoms with Gasteiger partial charge in [-0.05, 0) is 54.6 Å². The molecule has 5 nitrogen and oxygen atoms in total. The highest BCUT2D eigenvalue weighted by molar-refractivity contribution is 8.18. The minimum atomic E-state index is -1.04. The molecule has 1 heterocycles. The van der Waals surface area contributed by atoms with Crippen molar-refractivity contribution in [1.82, 2.24) is 5.32 Å². The zero-order valence-electron chi connectivity index (χ0n) is 13.4. The quantitative estimate of drug-likeness (QED) is 0.710. The first-order chi connectivity index (χ1) is 12.3. The Balaban J connectivity index is 1.93. The monoisotopic (exact) mass is 406 g/mol. The van der Waals surface area contributed by atoms with E-state index in [0.717, 1.165) is 17.3 Å². The van der Waals surface area contributed by atoms with E-state index in [1.54, 1.807) is 30.3 Å². The molecule has 1 fully saturated rings. The van der Waals surface area contributed by atoms with Crippen LogP contribution in [0.15, 0.2) is 46.3 Å². The Morgan fingerprint density at radius 2 is 1.92 bits per heavy atom. The fourth-order valence-electron chi connectivity index (χ4n) is 2.23. The number of nitrogens with one attached hydrogen (secondary N) is 1. The summed E-state index contributed by atoms with van der Waals surface area (Å²) in [6, 6.07) is 9.74. The van der Waals surface area contributed by atoms with Gasteiger partial charge in [0.1, 0.15) is 0 Å². The van der Waals surface area contributed by atoms with Crippen LogP contribution in [0.4, 0.5) is 5.69 Å². The minimum Gasteiger partial charge on any atom is -0.478 e. The number of benzene rings is 2. The van der Waals surface area contributed by atoms with Gasteiger partial charge in [0.2, 0.25) is 0 Å². The maximum atomic E-state index is 12.2. The van der Waals surface area contributed by atoms with Crippen molar-refractivity contribution in [3.8, 4) is 0 Å². The number of rotatable bonds is 3. The smallest absolute Gasteiger partial charge is 0.335 e. The van der Waals surface area contributed by atoms with Gasteiger partial charge in [0.25, 0.3) is 5.91 Å². The summed E-state index contributed by atoms with van der Waals surface area (Å²) < 4.78 is 0. The van der Waals surface area contributed by atoms with Gasteiger partial charge in [-0.2, -0.15) is 0 Å². The lowest BCUT2D eigenvalue weighted by molar-refractivity contribution is -0.115. The molecule has 3 rings (SSSR count). The summed E-state index contributed by atoms with van der Waals surface area (Å²) in [5.74, 6) is -1.36. The van der Waals surface area contributed by atoms with Crippen molar-refractivity contribution in [2.75, 3.05) is 0 Å². The SMILES string of the molecule is Cc1ccc(C(=O)O)cc1N=C1NC(=O)/C(=C/c2c(Cl)cccc2Cl)S1. The Morgan fingerprint density at radius 3 is 2.58 bits per heavy atom. The van der Waals surface area contributed by atoms with Crippen molar-refractivity contribution in [1.29, 1.82) is 0 Å². The third kappa shape index (κ3) is 3.93. The zero-order valence-corrected chi connectivity index (χ0v) is 15.7.